The van der Waals surface area contributed by atoms with Gasteiger partial charge in [0.2, 0.25) is 0 Å². The van der Waals surface area contributed by atoms with Crippen molar-refractivity contribution in [3.05, 3.63) is 48.6 Å². The molecular weight excluding hydrogens is 556 g/mol. The van der Waals surface area contributed by atoms with E-state index in [0.29, 0.717) is 6.42 Å². The molecule has 1 unspecified atom stereocenters. The number of rotatable bonds is 34. The van der Waals surface area contributed by atoms with Crippen LogP contribution in [-0.2, 0) is 14.3 Å². The zero-order chi connectivity index (χ0) is 32.9. The number of unbranched alkanes of at least 4 members (excludes halogenated alkanes) is 17. The molecule has 45 heavy (non-hydrogen) atoms. The second-order valence-electron chi connectivity index (χ2n) is 12.8. The Balaban J connectivity index is 3.84. The normalized spacial score (nSPS) is 12.8. The zero-order valence-corrected chi connectivity index (χ0v) is 29.7. The van der Waals surface area contributed by atoms with E-state index in [1.165, 1.54) is 83.5 Å². The van der Waals surface area contributed by atoms with Crippen LogP contribution in [0.1, 0.15) is 194 Å². The van der Waals surface area contributed by atoms with E-state index in [9.17, 15) is 9.59 Å². The van der Waals surface area contributed by atoms with Crippen molar-refractivity contribution in [2.75, 3.05) is 0 Å². The molecule has 0 saturated carbocycles. The standard InChI is InChI=1S/C41H72O4/c1-3-5-7-9-10-11-12-13-14-15-16-17-18-19-20-21-22-23-27-30-34-38-41(44)45-39(35-31-8-6-4-2)36-32-28-25-24-26-29-33-37-40(42)43/h10-11,13-14,16-17,19-20,39H,3-9,12,15,18,21-38H2,1-2H3,(H,42,43)/b11-10-,14-13-,17-16-,20-19-. The van der Waals surface area contributed by atoms with Gasteiger partial charge in [-0.2, -0.15) is 0 Å². The second-order valence-corrected chi connectivity index (χ2v) is 12.8. The molecule has 0 spiro atoms. The molecule has 0 amide bonds. The van der Waals surface area contributed by atoms with Gasteiger partial charge in [-0.1, -0.05) is 146 Å². The number of carboxylic acids is 1. The summed E-state index contributed by atoms with van der Waals surface area (Å²) in [6.07, 6.45) is 48.6. The molecule has 0 aromatic carbocycles. The lowest BCUT2D eigenvalue weighted by Gasteiger charge is -2.18. The Morgan fingerprint density at radius 2 is 0.867 bits per heavy atom. The van der Waals surface area contributed by atoms with Crippen LogP contribution in [0.15, 0.2) is 48.6 Å². The van der Waals surface area contributed by atoms with Gasteiger partial charge in [0.1, 0.15) is 6.10 Å². The molecule has 4 nitrogen and oxygen atoms in total. The van der Waals surface area contributed by atoms with E-state index in [1.807, 2.05) is 0 Å². The van der Waals surface area contributed by atoms with Gasteiger partial charge in [-0.25, -0.2) is 0 Å². The highest BCUT2D eigenvalue weighted by Gasteiger charge is 2.14. The number of esters is 1. The Bertz CT molecular complexity index is 763. The van der Waals surface area contributed by atoms with Crippen molar-refractivity contribution in [3.8, 4) is 0 Å². The van der Waals surface area contributed by atoms with E-state index in [-0.39, 0.29) is 18.5 Å². The quantitative estimate of drug-likeness (QED) is 0.0437. The van der Waals surface area contributed by atoms with E-state index in [0.717, 1.165) is 83.5 Å². The van der Waals surface area contributed by atoms with Crippen LogP contribution >= 0.6 is 0 Å². The fraction of sp³-hybridized carbons (Fsp3) is 0.756. The summed E-state index contributed by atoms with van der Waals surface area (Å²) in [7, 11) is 0. The number of carbonyl (C=O) groups excluding carboxylic acids is 1. The monoisotopic (exact) mass is 629 g/mol. The van der Waals surface area contributed by atoms with Crippen molar-refractivity contribution in [2.24, 2.45) is 0 Å². The van der Waals surface area contributed by atoms with E-state index in [1.54, 1.807) is 0 Å². The molecule has 0 heterocycles. The summed E-state index contributed by atoms with van der Waals surface area (Å²) in [5.41, 5.74) is 0. The predicted molar refractivity (Wildman–Crippen MR) is 195 cm³/mol. The van der Waals surface area contributed by atoms with Gasteiger partial charge in [0, 0.05) is 12.8 Å². The molecule has 0 bridgehead atoms. The molecule has 4 heteroatoms. The maximum Gasteiger partial charge on any atom is 0.306 e. The number of allylic oxidation sites excluding steroid dienone is 8. The van der Waals surface area contributed by atoms with Gasteiger partial charge < -0.3 is 9.84 Å². The number of hydrogen-bond donors (Lipinski definition) is 1. The van der Waals surface area contributed by atoms with Crippen molar-refractivity contribution in [3.63, 3.8) is 0 Å². The molecule has 1 atom stereocenters. The summed E-state index contributed by atoms with van der Waals surface area (Å²) < 4.78 is 5.94. The van der Waals surface area contributed by atoms with Gasteiger partial charge in [-0.15, -0.1) is 0 Å². The average molecular weight is 629 g/mol. The van der Waals surface area contributed by atoms with Gasteiger partial charge >= 0.3 is 11.9 Å². The first-order chi connectivity index (χ1) is 22.1. The predicted octanol–water partition coefficient (Wildman–Crippen LogP) is 13.2. The van der Waals surface area contributed by atoms with Crippen molar-refractivity contribution in [2.45, 2.75) is 200 Å². The van der Waals surface area contributed by atoms with E-state index in [4.69, 9.17) is 9.84 Å². The smallest absolute Gasteiger partial charge is 0.306 e. The maximum atomic E-state index is 12.5. The Hall–Kier alpha value is -2.10. The summed E-state index contributed by atoms with van der Waals surface area (Å²) in [6.45, 7) is 4.48. The van der Waals surface area contributed by atoms with Crippen LogP contribution in [0.3, 0.4) is 0 Å². The molecule has 0 rings (SSSR count). The minimum Gasteiger partial charge on any atom is -0.481 e. The number of carboxylic acid groups (broad SMARTS) is 1. The SMILES string of the molecule is CCCCC/C=C\C/C=C\C/C=C\C/C=C\CCCCCCCC(=O)OC(CCCCCC)CCCCCCCCCC(=O)O. The number of ether oxygens (including phenoxy) is 1. The van der Waals surface area contributed by atoms with Crippen LogP contribution in [0.4, 0.5) is 0 Å². The highest BCUT2D eigenvalue weighted by atomic mass is 16.5. The third kappa shape index (κ3) is 36.2. The second kappa shape index (κ2) is 36.4. The zero-order valence-electron chi connectivity index (χ0n) is 29.7. The van der Waals surface area contributed by atoms with Gasteiger partial charge in [0.15, 0.2) is 0 Å². The Morgan fingerprint density at radius 3 is 1.38 bits per heavy atom. The maximum absolute atomic E-state index is 12.5. The topological polar surface area (TPSA) is 63.6 Å². The molecule has 0 radical (unpaired) electrons. The highest BCUT2D eigenvalue weighted by molar-refractivity contribution is 5.69. The van der Waals surface area contributed by atoms with Crippen molar-refractivity contribution >= 4 is 11.9 Å². The molecule has 0 aromatic heterocycles. The molecule has 0 aliphatic heterocycles. The molecule has 0 aliphatic carbocycles. The van der Waals surface area contributed by atoms with Crippen LogP contribution in [0.2, 0.25) is 0 Å². The van der Waals surface area contributed by atoms with Crippen LogP contribution in [0.5, 0.6) is 0 Å². The molecular formula is C41H72O4. The van der Waals surface area contributed by atoms with Crippen LogP contribution < -0.4 is 0 Å². The van der Waals surface area contributed by atoms with Crippen molar-refractivity contribution in [1.82, 2.24) is 0 Å². The van der Waals surface area contributed by atoms with Crippen LogP contribution in [0, 0.1) is 0 Å². The van der Waals surface area contributed by atoms with Gasteiger partial charge in [0.25, 0.3) is 0 Å². The molecule has 0 saturated heterocycles. The lowest BCUT2D eigenvalue weighted by molar-refractivity contribution is -0.150. The first-order valence-corrected chi connectivity index (χ1v) is 19.1. The fourth-order valence-corrected chi connectivity index (χ4v) is 5.46. The summed E-state index contributed by atoms with van der Waals surface area (Å²) in [5, 5.41) is 8.72. The highest BCUT2D eigenvalue weighted by Crippen LogP contribution is 2.18. The molecule has 0 aliphatic rings. The Morgan fingerprint density at radius 1 is 0.489 bits per heavy atom. The van der Waals surface area contributed by atoms with Gasteiger partial charge in [0.05, 0.1) is 0 Å². The summed E-state index contributed by atoms with van der Waals surface area (Å²) in [6, 6.07) is 0. The molecule has 260 valence electrons. The van der Waals surface area contributed by atoms with Gasteiger partial charge in [-0.05, 0) is 83.5 Å². The van der Waals surface area contributed by atoms with Crippen LogP contribution in [-0.4, -0.2) is 23.1 Å². The number of carbonyl (C=O) groups is 2. The summed E-state index contributed by atoms with van der Waals surface area (Å²) >= 11 is 0. The van der Waals surface area contributed by atoms with Gasteiger partial charge in [-0.3, -0.25) is 9.59 Å². The molecule has 0 aromatic rings. The van der Waals surface area contributed by atoms with E-state index >= 15 is 0 Å². The summed E-state index contributed by atoms with van der Waals surface area (Å²) in [5.74, 6) is -0.696. The Labute approximate surface area is 279 Å². The fourth-order valence-electron chi connectivity index (χ4n) is 5.46. The third-order valence-corrected chi connectivity index (χ3v) is 8.30. The minimum absolute atomic E-state index is 0.00459. The van der Waals surface area contributed by atoms with E-state index < -0.39 is 5.97 Å². The van der Waals surface area contributed by atoms with Crippen molar-refractivity contribution < 1.29 is 19.4 Å². The first-order valence-electron chi connectivity index (χ1n) is 19.1. The van der Waals surface area contributed by atoms with Crippen molar-refractivity contribution in [1.29, 1.82) is 0 Å². The molecule has 1 N–H and O–H groups in total. The largest absolute Gasteiger partial charge is 0.481 e. The lowest BCUT2D eigenvalue weighted by Crippen LogP contribution is -2.18. The Kier molecular flexibility index (Phi) is 34.7. The average Bonchev–Trinajstić information content (AvgIpc) is 3.02. The lowest BCUT2D eigenvalue weighted by atomic mass is 10.0. The number of aliphatic carboxylic acids is 1. The van der Waals surface area contributed by atoms with E-state index in [2.05, 4.69) is 62.5 Å². The summed E-state index contributed by atoms with van der Waals surface area (Å²) in [4.78, 5) is 23.1. The van der Waals surface area contributed by atoms with Crippen LogP contribution in [0.25, 0.3) is 0 Å². The third-order valence-electron chi connectivity index (χ3n) is 8.30. The number of hydrogen-bond acceptors (Lipinski definition) is 3. The molecule has 0 fully saturated rings. The first kappa shape index (κ1) is 42.9. The minimum atomic E-state index is -0.691.